The molecule has 0 aromatic heterocycles. The molecule has 6 rings (SSSR count). The Hall–Kier alpha value is -2.71. The van der Waals surface area contributed by atoms with E-state index in [0.29, 0.717) is 30.0 Å². The van der Waals surface area contributed by atoms with Crippen LogP contribution in [0.3, 0.4) is 0 Å². The molecule has 1 aromatic carbocycles. The SMILES string of the molecule is CC(C)c1ccc(NC(=O)C2C3C=CC4(O3)C2C(=O)N(CCN2CCCCC2)C4C(=O)NC2CCCC(C)C2C)cc1. The maximum absolute atomic E-state index is 14.3. The minimum Gasteiger partial charge on any atom is -0.359 e. The molecule has 8 unspecified atom stereocenters. The van der Waals surface area contributed by atoms with Crippen LogP contribution in [0.1, 0.15) is 77.7 Å². The van der Waals surface area contributed by atoms with Crippen molar-refractivity contribution in [2.24, 2.45) is 23.7 Å². The van der Waals surface area contributed by atoms with Crippen LogP contribution in [-0.4, -0.2) is 77.5 Å². The number of piperidine rings is 1. The van der Waals surface area contributed by atoms with Crippen molar-refractivity contribution in [3.05, 3.63) is 42.0 Å². The molecule has 42 heavy (non-hydrogen) atoms. The van der Waals surface area contributed by atoms with E-state index < -0.39 is 29.6 Å². The Morgan fingerprint density at radius 3 is 2.45 bits per heavy atom. The highest BCUT2D eigenvalue weighted by molar-refractivity contribution is 6.02. The molecule has 1 spiro atoms. The third-order valence-corrected chi connectivity index (χ3v) is 10.9. The summed E-state index contributed by atoms with van der Waals surface area (Å²) in [6.45, 7) is 12.0. The van der Waals surface area contributed by atoms with Gasteiger partial charge in [0.25, 0.3) is 0 Å². The molecular formula is C34H48N4O4. The minimum atomic E-state index is -1.12. The van der Waals surface area contributed by atoms with Gasteiger partial charge in [-0.15, -0.1) is 0 Å². The number of amides is 3. The number of fused-ring (bicyclic) bond motifs is 1. The predicted octanol–water partition coefficient (Wildman–Crippen LogP) is 4.33. The van der Waals surface area contributed by atoms with Crippen LogP contribution < -0.4 is 10.6 Å². The van der Waals surface area contributed by atoms with Gasteiger partial charge in [0.2, 0.25) is 17.7 Å². The Balaban J connectivity index is 1.25. The fourth-order valence-electron chi connectivity index (χ4n) is 8.16. The molecule has 1 saturated carbocycles. The van der Waals surface area contributed by atoms with Crippen molar-refractivity contribution >= 4 is 23.4 Å². The number of benzene rings is 1. The third kappa shape index (κ3) is 5.19. The average molecular weight is 577 g/mol. The molecule has 8 nitrogen and oxygen atoms in total. The standard InChI is InChI=1S/C34H48N4O4/c1-21(2)24-11-13-25(14-12-24)35-31(39)28-27-15-16-34(42-27)29(28)33(41)38(20-19-37-17-6-5-7-18-37)30(34)32(40)36-26-10-8-9-22(3)23(26)4/h11-16,21-23,26-30H,5-10,17-20H2,1-4H3,(H,35,39)(H,36,40). The highest BCUT2D eigenvalue weighted by Gasteiger charge is 2.72. The van der Waals surface area contributed by atoms with Gasteiger partial charge in [-0.05, 0) is 67.8 Å². The van der Waals surface area contributed by atoms with E-state index in [-0.39, 0.29) is 23.8 Å². The lowest BCUT2D eigenvalue weighted by Crippen LogP contribution is -2.58. The number of anilines is 1. The van der Waals surface area contributed by atoms with Crippen molar-refractivity contribution in [1.29, 1.82) is 0 Å². The lowest BCUT2D eigenvalue weighted by molar-refractivity contribution is -0.142. The number of carbonyl (C=O) groups excluding carboxylic acids is 3. The summed E-state index contributed by atoms with van der Waals surface area (Å²) in [6, 6.07) is 7.17. The Bertz CT molecular complexity index is 1210. The van der Waals surface area contributed by atoms with Gasteiger partial charge < -0.3 is 25.2 Å². The Kier molecular flexibility index (Phi) is 8.22. The molecule has 5 aliphatic rings. The third-order valence-electron chi connectivity index (χ3n) is 10.9. The second kappa shape index (κ2) is 11.8. The van der Waals surface area contributed by atoms with Crippen molar-refractivity contribution in [2.45, 2.75) is 95.9 Å². The summed E-state index contributed by atoms with van der Waals surface area (Å²) >= 11 is 0. The highest BCUT2D eigenvalue weighted by Crippen LogP contribution is 2.55. The van der Waals surface area contributed by atoms with Gasteiger partial charge in [0, 0.05) is 24.8 Å². The van der Waals surface area contributed by atoms with Crippen molar-refractivity contribution in [3.8, 4) is 0 Å². The zero-order valence-electron chi connectivity index (χ0n) is 25.7. The number of ether oxygens (including phenoxy) is 1. The van der Waals surface area contributed by atoms with Gasteiger partial charge in [-0.25, -0.2) is 0 Å². The highest BCUT2D eigenvalue weighted by atomic mass is 16.5. The van der Waals surface area contributed by atoms with Crippen molar-refractivity contribution < 1.29 is 19.1 Å². The number of likely N-dealkylation sites (tertiary alicyclic amines) is 2. The summed E-state index contributed by atoms with van der Waals surface area (Å²) in [5.41, 5.74) is 0.775. The summed E-state index contributed by atoms with van der Waals surface area (Å²) in [6.07, 6.45) is 10.1. The number of rotatable bonds is 8. The summed E-state index contributed by atoms with van der Waals surface area (Å²) in [7, 11) is 0. The van der Waals surface area contributed by atoms with Crippen LogP contribution >= 0.6 is 0 Å². The number of hydrogen-bond donors (Lipinski definition) is 2. The number of nitrogens with zero attached hydrogens (tertiary/aromatic N) is 2. The van der Waals surface area contributed by atoms with Crippen LogP contribution in [0.2, 0.25) is 0 Å². The molecule has 1 aromatic rings. The van der Waals surface area contributed by atoms with E-state index in [1.165, 1.54) is 18.4 Å². The van der Waals surface area contributed by atoms with Gasteiger partial charge >= 0.3 is 0 Å². The van der Waals surface area contributed by atoms with Crippen LogP contribution in [0.5, 0.6) is 0 Å². The van der Waals surface area contributed by atoms with Crippen molar-refractivity contribution in [2.75, 3.05) is 31.5 Å². The summed E-state index contributed by atoms with van der Waals surface area (Å²) in [5.74, 6) is -0.616. The largest absolute Gasteiger partial charge is 0.359 e. The Morgan fingerprint density at radius 1 is 1.00 bits per heavy atom. The van der Waals surface area contributed by atoms with Crippen LogP contribution in [0.15, 0.2) is 36.4 Å². The molecule has 2 N–H and O–H groups in total. The van der Waals surface area contributed by atoms with Gasteiger partial charge in [-0.1, -0.05) is 71.2 Å². The molecule has 8 atom stereocenters. The van der Waals surface area contributed by atoms with Gasteiger partial charge in [0.15, 0.2) is 0 Å². The van der Waals surface area contributed by atoms with Crippen LogP contribution in [0.4, 0.5) is 5.69 Å². The lowest BCUT2D eigenvalue weighted by Gasteiger charge is -2.38. The van der Waals surface area contributed by atoms with Crippen molar-refractivity contribution in [3.63, 3.8) is 0 Å². The van der Waals surface area contributed by atoms with E-state index >= 15 is 0 Å². The average Bonchev–Trinajstić information content (AvgIpc) is 3.62. The molecular weight excluding hydrogens is 528 g/mol. The first-order chi connectivity index (χ1) is 20.2. The van der Waals surface area contributed by atoms with Crippen LogP contribution in [0.25, 0.3) is 0 Å². The quantitative estimate of drug-likeness (QED) is 0.450. The summed E-state index contributed by atoms with van der Waals surface area (Å²) < 4.78 is 6.56. The smallest absolute Gasteiger partial charge is 0.246 e. The maximum atomic E-state index is 14.3. The molecule has 3 saturated heterocycles. The monoisotopic (exact) mass is 576 g/mol. The molecule has 1 aliphatic carbocycles. The second-order valence-corrected chi connectivity index (χ2v) is 13.8. The van der Waals surface area contributed by atoms with Gasteiger partial charge in [-0.3, -0.25) is 14.4 Å². The van der Waals surface area contributed by atoms with E-state index in [4.69, 9.17) is 4.74 Å². The topological polar surface area (TPSA) is 91.0 Å². The Labute approximate surface area is 250 Å². The van der Waals surface area contributed by atoms with E-state index in [1.807, 2.05) is 36.4 Å². The van der Waals surface area contributed by atoms with Crippen molar-refractivity contribution in [1.82, 2.24) is 15.1 Å². The zero-order chi connectivity index (χ0) is 29.6. The van der Waals surface area contributed by atoms with Gasteiger partial charge in [0.1, 0.15) is 11.6 Å². The minimum absolute atomic E-state index is 0.0752. The molecule has 4 aliphatic heterocycles. The molecule has 4 heterocycles. The van der Waals surface area contributed by atoms with Crippen LogP contribution in [0, 0.1) is 23.7 Å². The first-order valence-corrected chi connectivity index (χ1v) is 16.3. The molecule has 228 valence electrons. The van der Waals surface area contributed by atoms with E-state index in [0.717, 1.165) is 45.3 Å². The molecule has 3 amide bonds. The summed E-state index contributed by atoms with van der Waals surface area (Å²) in [4.78, 5) is 46.4. The summed E-state index contributed by atoms with van der Waals surface area (Å²) in [5, 5.41) is 6.41. The maximum Gasteiger partial charge on any atom is 0.246 e. The Morgan fingerprint density at radius 2 is 1.74 bits per heavy atom. The fourth-order valence-corrected chi connectivity index (χ4v) is 8.16. The predicted molar refractivity (Wildman–Crippen MR) is 163 cm³/mol. The molecule has 2 bridgehead atoms. The van der Waals surface area contributed by atoms with Crippen LogP contribution in [-0.2, 0) is 19.1 Å². The van der Waals surface area contributed by atoms with Gasteiger partial charge in [-0.2, -0.15) is 0 Å². The molecule has 0 radical (unpaired) electrons. The van der Waals surface area contributed by atoms with E-state index in [9.17, 15) is 14.4 Å². The van der Waals surface area contributed by atoms with E-state index in [1.54, 1.807) is 4.90 Å². The van der Waals surface area contributed by atoms with Gasteiger partial charge in [0.05, 0.1) is 17.9 Å². The van der Waals surface area contributed by atoms with E-state index in [2.05, 4.69) is 43.2 Å². The zero-order valence-corrected chi connectivity index (χ0v) is 25.7. The first kappa shape index (κ1) is 29.4. The number of nitrogens with one attached hydrogen (secondary N) is 2. The molecule has 8 heteroatoms. The first-order valence-electron chi connectivity index (χ1n) is 16.3. The lowest BCUT2D eigenvalue weighted by atomic mass is 9.73. The number of hydrogen-bond acceptors (Lipinski definition) is 5. The fraction of sp³-hybridized carbons (Fsp3) is 0.676. The normalized spacial score (nSPS) is 36.0. The number of carbonyl (C=O) groups is 3. The second-order valence-electron chi connectivity index (χ2n) is 13.8. The molecule has 4 fully saturated rings.